The molecule has 1 N–H and O–H groups in total. The van der Waals surface area contributed by atoms with E-state index in [0.717, 1.165) is 4.70 Å². The van der Waals surface area contributed by atoms with Crippen LogP contribution >= 0.6 is 22.9 Å². The third-order valence-electron chi connectivity index (χ3n) is 3.70. The van der Waals surface area contributed by atoms with E-state index >= 15 is 0 Å². The lowest BCUT2D eigenvalue weighted by molar-refractivity contribution is -0.115. The highest BCUT2D eigenvalue weighted by Gasteiger charge is 2.17. The molecule has 1 amide bonds. The van der Waals surface area contributed by atoms with E-state index in [1.165, 1.54) is 23.5 Å². The van der Waals surface area contributed by atoms with Crippen LogP contribution in [0, 0.1) is 5.82 Å². The summed E-state index contributed by atoms with van der Waals surface area (Å²) in [4.78, 5) is 16.6. The average molecular weight is 379 g/mol. The average Bonchev–Trinajstić information content (AvgIpc) is 2.97. The summed E-state index contributed by atoms with van der Waals surface area (Å²) in [7, 11) is 0. The number of fused-ring (bicyclic) bond motifs is 2. The maximum absolute atomic E-state index is 13.8. The van der Waals surface area contributed by atoms with Crippen molar-refractivity contribution in [1.82, 2.24) is 4.98 Å². The van der Waals surface area contributed by atoms with Crippen molar-refractivity contribution in [3.63, 3.8) is 0 Å². The van der Waals surface area contributed by atoms with E-state index in [1.54, 1.807) is 12.1 Å². The van der Waals surface area contributed by atoms with Crippen molar-refractivity contribution in [2.24, 2.45) is 0 Å². The van der Waals surface area contributed by atoms with Gasteiger partial charge in [0.1, 0.15) is 19.0 Å². The Morgan fingerprint density at radius 1 is 1.28 bits per heavy atom. The molecule has 1 aromatic heterocycles. The van der Waals surface area contributed by atoms with Gasteiger partial charge < -0.3 is 14.8 Å². The first-order valence-corrected chi connectivity index (χ1v) is 8.72. The molecule has 0 spiro atoms. The van der Waals surface area contributed by atoms with Crippen molar-refractivity contribution >= 4 is 44.2 Å². The van der Waals surface area contributed by atoms with Crippen LogP contribution in [0.4, 0.5) is 9.52 Å². The number of hydrogen-bond acceptors (Lipinski definition) is 5. The van der Waals surface area contributed by atoms with Crippen LogP contribution in [0.15, 0.2) is 30.3 Å². The fourth-order valence-corrected chi connectivity index (χ4v) is 3.67. The van der Waals surface area contributed by atoms with Gasteiger partial charge in [-0.15, -0.1) is 0 Å². The molecule has 0 unspecified atom stereocenters. The number of hydrogen-bond donors (Lipinski definition) is 1. The Morgan fingerprint density at radius 3 is 2.80 bits per heavy atom. The highest BCUT2D eigenvalue weighted by atomic mass is 35.5. The number of carbonyl (C=O) groups is 1. The molecule has 25 heavy (non-hydrogen) atoms. The van der Waals surface area contributed by atoms with Gasteiger partial charge in [-0.1, -0.05) is 29.0 Å². The van der Waals surface area contributed by atoms with Crippen molar-refractivity contribution in [3.05, 3.63) is 46.7 Å². The molecule has 8 heteroatoms. The third kappa shape index (κ3) is 3.25. The lowest BCUT2D eigenvalue weighted by Crippen LogP contribution is -2.15. The van der Waals surface area contributed by atoms with Gasteiger partial charge in [0.25, 0.3) is 0 Å². The Hall–Kier alpha value is -2.38. The predicted molar refractivity (Wildman–Crippen MR) is 94.4 cm³/mol. The highest BCUT2D eigenvalue weighted by Crippen LogP contribution is 2.37. The summed E-state index contributed by atoms with van der Waals surface area (Å²) in [6.07, 6.45) is -0.163. The van der Waals surface area contributed by atoms with Crippen LogP contribution in [0.3, 0.4) is 0 Å². The molecule has 128 valence electrons. The van der Waals surface area contributed by atoms with Gasteiger partial charge in [0.05, 0.1) is 16.6 Å². The molecule has 0 atom stereocenters. The van der Waals surface area contributed by atoms with Crippen molar-refractivity contribution in [2.45, 2.75) is 6.42 Å². The number of benzene rings is 2. The normalized spacial score (nSPS) is 13.0. The molecule has 2 aromatic carbocycles. The minimum absolute atomic E-state index is 0.163. The van der Waals surface area contributed by atoms with E-state index in [4.69, 9.17) is 21.1 Å². The summed E-state index contributed by atoms with van der Waals surface area (Å²) in [5.41, 5.74) is 0.869. The number of anilines is 1. The van der Waals surface area contributed by atoms with E-state index in [0.29, 0.717) is 35.4 Å². The molecule has 1 aliphatic heterocycles. The molecule has 4 rings (SSSR count). The third-order valence-corrected chi connectivity index (χ3v) is 4.99. The Labute approximate surface area is 151 Å². The molecule has 0 radical (unpaired) electrons. The summed E-state index contributed by atoms with van der Waals surface area (Å²) in [6, 6.07) is 7.94. The zero-order valence-corrected chi connectivity index (χ0v) is 14.4. The Balaban J connectivity index is 1.55. The molecule has 1 aliphatic rings. The zero-order valence-electron chi connectivity index (χ0n) is 12.8. The minimum atomic E-state index is -0.506. The molecule has 0 bridgehead atoms. The van der Waals surface area contributed by atoms with E-state index in [-0.39, 0.29) is 22.9 Å². The Kier molecular flexibility index (Phi) is 4.19. The molecule has 0 aliphatic carbocycles. The maximum Gasteiger partial charge on any atom is 0.230 e. The number of ether oxygens (including phenoxy) is 2. The van der Waals surface area contributed by atoms with Crippen LogP contribution < -0.4 is 14.8 Å². The fourth-order valence-electron chi connectivity index (χ4n) is 2.54. The van der Waals surface area contributed by atoms with Gasteiger partial charge in [0.2, 0.25) is 5.91 Å². The highest BCUT2D eigenvalue weighted by molar-refractivity contribution is 7.22. The number of amides is 1. The summed E-state index contributed by atoms with van der Waals surface area (Å²) in [6.45, 7) is 1.000. The van der Waals surface area contributed by atoms with Crippen LogP contribution in [-0.2, 0) is 11.2 Å². The lowest BCUT2D eigenvalue weighted by Gasteiger charge is -2.17. The predicted octanol–water partition coefficient (Wildman–Crippen LogP) is 4.04. The molecule has 2 heterocycles. The number of rotatable bonds is 3. The minimum Gasteiger partial charge on any atom is -0.486 e. The van der Waals surface area contributed by atoms with Gasteiger partial charge in [0, 0.05) is 22.7 Å². The summed E-state index contributed by atoms with van der Waals surface area (Å²) >= 11 is 7.26. The van der Waals surface area contributed by atoms with Gasteiger partial charge in [-0.25, -0.2) is 9.37 Å². The Morgan fingerprint density at radius 2 is 2.04 bits per heavy atom. The van der Waals surface area contributed by atoms with Gasteiger partial charge in [0.15, 0.2) is 16.6 Å². The van der Waals surface area contributed by atoms with Crippen molar-refractivity contribution < 1.29 is 18.7 Å². The van der Waals surface area contributed by atoms with E-state index in [1.807, 2.05) is 6.07 Å². The van der Waals surface area contributed by atoms with Gasteiger partial charge >= 0.3 is 0 Å². The largest absolute Gasteiger partial charge is 0.486 e. The molecule has 0 fully saturated rings. The second-order valence-electron chi connectivity index (χ2n) is 5.41. The second kappa shape index (κ2) is 6.50. The van der Waals surface area contributed by atoms with Crippen LogP contribution in [-0.4, -0.2) is 24.1 Å². The summed E-state index contributed by atoms with van der Waals surface area (Å²) < 4.78 is 25.7. The molecular formula is C17H12ClFN2O3S. The molecule has 0 saturated carbocycles. The zero-order chi connectivity index (χ0) is 17.4. The van der Waals surface area contributed by atoms with Crippen molar-refractivity contribution in [1.29, 1.82) is 0 Å². The van der Waals surface area contributed by atoms with Crippen molar-refractivity contribution in [3.8, 4) is 11.5 Å². The first-order valence-electron chi connectivity index (χ1n) is 7.53. The molecule has 5 nitrogen and oxygen atoms in total. The lowest BCUT2D eigenvalue weighted by atomic mass is 10.1. The second-order valence-corrected chi connectivity index (χ2v) is 6.85. The number of halogens is 2. The number of carbonyl (C=O) groups excluding carboxylic acids is 1. The maximum atomic E-state index is 13.8. The van der Waals surface area contributed by atoms with Crippen LogP contribution in [0.25, 0.3) is 10.2 Å². The van der Waals surface area contributed by atoms with E-state index in [9.17, 15) is 9.18 Å². The fraction of sp³-hybridized carbons (Fsp3) is 0.176. The monoisotopic (exact) mass is 378 g/mol. The standard InChI is InChI=1S/C17H12ClFN2O3S/c18-10-2-1-3-11(19)9(10)6-16(22)21-17-20-12-7-13-14(8-15(12)25-17)24-5-4-23-13/h1-3,7-8H,4-6H2,(H,20,21,22). The number of nitrogens with one attached hydrogen (secondary N) is 1. The quantitative estimate of drug-likeness (QED) is 0.747. The SMILES string of the molecule is O=C(Cc1c(F)cccc1Cl)Nc1nc2cc3c(cc2s1)OCCO3. The first-order chi connectivity index (χ1) is 12.1. The molecular weight excluding hydrogens is 367 g/mol. The van der Waals surface area contributed by atoms with E-state index in [2.05, 4.69) is 10.3 Å². The number of nitrogens with zero attached hydrogens (tertiary/aromatic N) is 1. The Bertz CT molecular complexity index is 913. The van der Waals surface area contributed by atoms with E-state index < -0.39 is 5.82 Å². The van der Waals surface area contributed by atoms with Crippen LogP contribution in [0.2, 0.25) is 5.02 Å². The van der Waals surface area contributed by atoms with Gasteiger partial charge in [-0.2, -0.15) is 0 Å². The van der Waals surface area contributed by atoms with Crippen LogP contribution in [0.1, 0.15) is 5.56 Å². The summed E-state index contributed by atoms with van der Waals surface area (Å²) in [5.74, 6) is 0.413. The number of thiazole rings is 1. The number of aromatic nitrogens is 1. The molecule has 0 saturated heterocycles. The summed E-state index contributed by atoms with van der Waals surface area (Å²) in [5, 5.41) is 3.34. The van der Waals surface area contributed by atoms with Crippen LogP contribution in [0.5, 0.6) is 11.5 Å². The smallest absolute Gasteiger partial charge is 0.230 e. The van der Waals surface area contributed by atoms with Gasteiger partial charge in [-0.05, 0) is 12.1 Å². The van der Waals surface area contributed by atoms with Gasteiger partial charge in [-0.3, -0.25) is 4.79 Å². The van der Waals surface area contributed by atoms with Crippen molar-refractivity contribution in [2.75, 3.05) is 18.5 Å². The molecule has 3 aromatic rings. The topological polar surface area (TPSA) is 60.5 Å². The first kappa shape index (κ1) is 16.1.